The van der Waals surface area contributed by atoms with Crippen molar-refractivity contribution in [1.29, 1.82) is 0 Å². The maximum atomic E-state index is 11.0. The van der Waals surface area contributed by atoms with Gasteiger partial charge in [0.1, 0.15) is 5.75 Å². The molecule has 3 atom stereocenters. The van der Waals surface area contributed by atoms with E-state index in [4.69, 9.17) is 0 Å². The zero-order valence-electron chi connectivity index (χ0n) is 11.3. The Hall–Kier alpha value is -1.06. The van der Waals surface area contributed by atoms with E-state index in [9.17, 15) is 10.2 Å². The van der Waals surface area contributed by atoms with E-state index in [1.54, 1.807) is 6.07 Å². The summed E-state index contributed by atoms with van der Waals surface area (Å²) in [6, 6.07) is 5.75. The Bertz CT molecular complexity index is 497. The molecule has 0 spiro atoms. The van der Waals surface area contributed by atoms with Crippen molar-refractivity contribution in [3.63, 3.8) is 0 Å². The van der Waals surface area contributed by atoms with Crippen LogP contribution < -0.4 is 0 Å². The lowest BCUT2D eigenvalue weighted by atomic mass is 9.56. The first-order chi connectivity index (χ1) is 8.36. The first-order valence-electron chi connectivity index (χ1n) is 6.61. The van der Waals surface area contributed by atoms with E-state index >= 15 is 0 Å². The molecule has 1 aromatic rings. The number of fused-ring (bicyclic) bond motifs is 4. The van der Waals surface area contributed by atoms with Crippen LogP contribution >= 0.6 is 0 Å². The molecular weight excluding hydrogens is 226 g/mol. The van der Waals surface area contributed by atoms with Gasteiger partial charge in [-0.2, -0.15) is 0 Å². The van der Waals surface area contributed by atoms with E-state index in [1.165, 1.54) is 5.56 Å². The van der Waals surface area contributed by atoms with Gasteiger partial charge in [-0.25, -0.2) is 0 Å². The van der Waals surface area contributed by atoms with E-state index < -0.39 is 5.60 Å². The second-order valence-corrected chi connectivity index (χ2v) is 6.27. The van der Waals surface area contributed by atoms with Crippen molar-refractivity contribution in [2.24, 2.45) is 0 Å². The fourth-order valence-electron chi connectivity index (χ4n) is 3.83. The van der Waals surface area contributed by atoms with Gasteiger partial charge in [-0.15, -0.1) is 0 Å². The summed E-state index contributed by atoms with van der Waals surface area (Å²) in [5, 5.41) is 20.7. The molecule has 2 aliphatic rings. The molecule has 3 nitrogen and oxygen atoms in total. The van der Waals surface area contributed by atoms with Crippen LogP contribution in [0, 0.1) is 0 Å². The zero-order chi connectivity index (χ0) is 13.1. The summed E-state index contributed by atoms with van der Waals surface area (Å²) < 4.78 is 0. The molecule has 1 fully saturated rings. The molecule has 1 aliphatic heterocycles. The number of rotatable bonds is 0. The van der Waals surface area contributed by atoms with Gasteiger partial charge in [0, 0.05) is 11.5 Å². The predicted octanol–water partition coefficient (Wildman–Crippen LogP) is 1.66. The minimum absolute atomic E-state index is 0.160. The van der Waals surface area contributed by atoms with Gasteiger partial charge < -0.3 is 15.1 Å². The highest BCUT2D eigenvalue weighted by Crippen LogP contribution is 2.51. The summed E-state index contributed by atoms with van der Waals surface area (Å²) in [7, 11) is 2.09. The van der Waals surface area contributed by atoms with Gasteiger partial charge in [0.25, 0.3) is 0 Å². The van der Waals surface area contributed by atoms with Crippen LogP contribution in [0.1, 0.15) is 31.4 Å². The molecule has 3 rings (SSSR count). The third-order valence-corrected chi connectivity index (χ3v) is 5.36. The molecule has 2 N–H and O–H groups in total. The normalized spacial score (nSPS) is 39.4. The fourth-order valence-corrected chi connectivity index (χ4v) is 3.83. The molecule has 3 heteroatoms. The van der Waals surface area contributed by atoms with E-state index in [0.29, 0.717) is 5.75 Å². The van der Waals surface area contributed by atoms with Crippen LogP contribution in [0.3, 0.4) is 0 Å². The van der Waals surface area contributed by atoms with Gasteiger partial charge in [-0.05, 0) is 56.6 Å². The van der Waals surface area contributed by atoms with Crippen LogP contribution in [0.2, 0.25) is 0 Å². The average molecular weight is 247 g/mol. The maximum Gasteiger partial charge on any atom is 0.115 e. The summed E-state index contributed by atoms with van der Waals surface area (Å²) in [6.45, 7) is 5.07. The molecule has 0 unspecified atom stereocenters. The second kappa shape index (κ2) is 3.49. The Kier molecular flexibility index (Phi) is 2.32. The minimum atomic E-state index is -0.749. The standard InChI is InChI=1S/C15H21NO2/c1-14-6-7-16(3)13(15(14,2)18)8-10-4-5-11(17)9-12(10)14/h4-5,9,13,17-18H,6-8H2,1-3H3/t13-,14-,15-/m0/s1. The molecule has 98 valence electrons. The quantitative estimate of drug-likeness (QED) is 0.733. The Morgan fingerprint density at radius 1 is 1.33 bits per heavy atom. The van der Waals surface area contributed by atoms with Crippen molar-refractivity contribution < 1.29 is 10.2 Å². The summed E-state index contributed by atoms with van der Waals surface area (Å²) in [5.41, 5.74) is 1.37. The van der Waals surface area contributed by atoms with Crippen molar-refractivity contribution in [3.05, 3.63) is 29.3 Å². The lowest BCUT2D eigenvalue weighted by Crippen LogP contribution is -2.68. The number of phenolic OH excluding ortho intramolecular Hbond substituents is 1. The van der Waals surface area contributed by atoms with Crippen molar-refractivity contribution in [3.8, 4) is 5.75 Å². The molecule has 1 aromatic carbocycles. The second-order valence-electron chi connectivity index (χ2n) is 6.27. The summed E-state index contributed by atoms with van der Waals surface area (Å²) in [6.07, 6.45) is 1.78. The predicted molar refractivity (Wildman–Crippen MR) is 70.8 cm³/mol. The first kappa shape index (κ1) is 12.0. The summed E-state index contributed by atoms with van der Waals surface area (Å²) in [5.74, 6) is 0.295. The molecule has 0 aromatic heterocycles. The van der Waals surface area contributed by atoms with Crippen molar-refractivity contribution in [2.75, 3.05) is 13.6 Å². The van der Waals surface area contributed by atoms with Crippen LogP contribution in [0.15, 0.2) is 18.2 Å². The monoisotopic (exact) mass is 247 g/mol. The molecule has 1 aliphatic carbocycles. The number of hydrogen-bond acceptors (Lipinski definition) is 3. The van der Waals surface area contributed by atoms with E-state index in [1.807, 2.05) is 19.1 Å². The van der Waals surface area contributed by atoms with E-state index in [0.717, 1.165) is 24.9 Å². The van der Waals surface area contributed by atoms with Gasteiger partial charge in [-0.1, -0.05) is 13.0 Å². The number of nitrogens with zero attached hydrogens (tertiary/aromatic N) is 1. The average Bonchev–Trinajstić information content (AvgIpc) is 2.30. The molecule has 0 amide bonds. The van der Waals surface area contributed by atoms with Gasteiger partial charge >= 0.3 is 0 Å². The smallest absolute Gasteiger partial charge is 0.115 e. The minimum Gasteiger partial charge on any atom is -0.508 e. The molecule has 0 saturated carbocycles. The number of phenols is 1. The topological polar surface area (TPSA) is 43.7 Å². The molecule has 1 saturated heterocycles. The third-order valence-electron chi connectivity index (χ3n) is 5.36. The first-order valence-corrected chi connectivity index (χ1v) is 6.61. The van der Waals surface area contributed by atoms with Crippen LogP contribution in [0.5, 0.6) is 5.75 Å². The summed E-state index contributed by atoms with van der Waals surface area (Å²) in [4.78, 5) is 2.26. The van der Waals surface area contributed by atoms with Gasteiger partial charge in [0.15, 0.2) is 0 Å². The Morgan fingerprint density at radius 3 is 2.78 bits per heavy atom. The van der Waals surface area contributed by atoms with Crippen LogP contribution in [-0.4, -0.2) is 40.3 Å². The number of aromatic hydroxyl groups is 1. The van der Waals surface area contributed by atoms with Gasteiger partial charge in [0.05, 0.1) is 5.60 Å². The number of likely N-dealkylation sites (N-methyl/N-ethyl adjacent to an activating group) is 1. The lowest BCUT2D eigenvalue weighted by Gasteiger charge is -2.58. The van der Waals surface area contributed by atoms with Gasteiger partial charge in [0.2, 0.25) is 0 Å². The van der Waals surface area contributed by atoms with Crippen molar-refractivity contribution >= 4 is 0 Å². The van der Waals surface area contributed by atoms with Crippen LogP contribution in [-0.2, 0) is 11.8 Å². The highest BCUT2D eigenvalue weighted by molar-refractivity contribution is 5.46. The fraction of sp³-hybridized carbons (Fsp3) is 0.600. The third kappa shape index (κ3) is 1.32. The van der Waals surface area contributed by atoms with Crippen LogP contribution in [0.4, 0.5) is 0 Å². The van der Waals surface area contributed by atoms with E-state index in [-0.39, 0.29) is 11.5 Å². The number of benzene rings is 1. The van der Waals surface area contributed by atoms with Gasteiger partial charge in [-0.3, -0.25) is 0 Å². The molecule has 2 bridgehead atoms. The highest BCUT2D eigenvalue weighted by Gasteiger charge is 2.57. The molecule has 0 radical (unpaired) electrons. The molecular formula is C15H21NO2. The largest absolute Gasteiger partial charge is 0.508 e. The highest BCUT2D eigenvalue weighted by atomic mass is 16.3. The lowest BCUT2D eigenvalue weighted by molar-refractivity contribution is -0.121. The summed E-state index contributed by atoms with van der Waals surface area (Å²) >= 11 is 0. The van der Waals surface area contributed by atoms with Crippen LogP contribution in [0.25, 0.3) is 0 Å². The Morgan fingerprint density at radius 2 is 2.06 bits per heavy atom. The maximum absolute atomic E-state index is 11.0. The van der Waals surface area contributed by atoms with Crippen molar-refractivity contribution in [2.45, 2.75) is 43.7 Å². The number of hydrogen-bond donors (Lipinski definition) is 2. The Balaban J connectivity index is 2.22. The molecule has 18 heavy (non-hydrogen) atoms. The number of aliphatic hydroxyl groups is 1. The molecule has 1 heterocycles. The zero-order valence-corrected chi connectivity index (χ0v) is 11.3. The SMILES string of the molecule is CN1CC[C@@]2(C)c3cc(O)ccc3C[C@H]1[C@]2(C)O. The van der Waals surface area contributed by atoms with Crippen molar-refractivity contribution in [1.82, 2.24) is 4.90 Å². The Labute approximate surface area is 108 Å². The van der Waals surface area contributed by atoms with E-state index in [2.05, 4.69) is 18.9 Å². The number of piperidine rings is 1. The number of likely N-dealkylation sites (tertiary alicyclic amines) is 1.